The molecule has 1 N–H and O–H groups in total. The second-order valence-electron chi connectivity index (χ2n) is 9.29. The number of aryl methyl sites for hydroxylation is 1. The third-order valence-electron chi connectivity index (χ3n) is 6.99. The maximum absolute atomic E-state index is 12.3. The Morgan fingerprint density at radius 2 is 2.06 bits per heavy atom. The van der Waals surface area contributed by atoms with Gasteiger partial charge in [-0.2, -0.15) is 0 Å². The monoisotopic (exact) mass is 438 g/mol. The Hall–Kier alpha value is -2.71. The molecule has 170 valence electrons. The zero-order valence-electron chi connectivity index (χ0n) is 18.7. The van der Waals surface area contributed by atoms with Gasteiger partial charge >= 0.3 is 0 Å². The fourth-order valence-corrected chi connectivity index (χ4v) is 4.79. The van der Waals surface area contributed by atoms with E-state index in [1.807, 2.05) is 25.1 Å². The lowest BCUT2D eigenvalue weighted by Gasteiger charge is -2.32. The Balaban J connectivity index is 1.18. The zero-order chi connectivity index (χ0) is 22.1. The minimum atomic E-state index is 0.0264. The highest BCUT2D eigenvalue weighted by Gasteiger charge is 2.42. The number of aromatic nitrogens is 2. The van der Waals surface area contributed by atoms with E-state index in [1.165, 1.54) is 0 Å². The smallest absolute Gasteiger partial charge is 0.227 e. The second kappa shape index (κ2) is 8.67. The van der Waals surface area contributed by atoms with Crippen molar-refractivity contribution in [2.24, 2.45) is 11.3 Å². The molecule has 0 radical (unpaired) electrons. The molecule has 3 heterocycles. The summed E-state index contributed by atoms with van der Waals surface area (Å²) in [6.45, 7) is 5.57. The quantitative estimate of drug-likeness (QED) is 0.738. The van der Waals surface area contributed by atoms with E-state index < -0.39 is 0 Å². The number of nitrogens with zero attached hydrogens (tertiary/aromatic N) is 3. The summed E-state index contributed by atoms with van der Waals surface area (Å²) in [5.74, 6) is 2.11. The summed E-state index contributed by atoms with van der Waals surface area (Å²) in [7, 11) is 1.69. The standard InChI is InChI=1S/C24H30N4O4/c1-16-9-18(27-22(29)17-10-19(11-17)30-2)3-4-21(16)32-20-12-25-23(26-13-20)28-7-5-24(14-28)6-8-31-15-24/h3-4,9,12-13,17,19H,5-8,10-11,14-15H2,1-2H3,(H,27,29). The molecule has 1 unspecified atom stereocenters. The molecule has 8 heteroatoms. The van der Waals surface area contributed by atoms with Gasteiger partial charge in [-0.1, -0.05) is 0 Å². The Bertz CT molecular complexity index is 968. The average molecular weight is 439 g/mol. The van der Waals surface area contributed by atoms with Crippen molar-refractivity contribution in [3.8, 4) is 11.5 Å². The van der Waals surface area contributed by atoms with Crippen molar-refractivity contribution in [2.75, 3.05) is 43.6 Å². The van der Waals surface area contributed by atoms with E-state index in [0.29, 0.717) is 11.5 Å². The van der Waals surface area contributed by atoms with Gasteiger partial charge in [0.25, 0.3) is 0 Å². The van der Waals surface area contributed by atoms with Gasteiger partial charge in [-0.3, -0.25) is 4.79 Å². The summed E-state index contributed by atoms with van der Waals surface area (Å²) in [5.41, 5.74) is 1.97. The predicted octanol–water partition coefficient (Wildman–Crippen LogP) is 3.56. The van der Waals surface area contributed by atoms with Crippen LogP contribution in [0, 0.1) is 18.3 Å². The molecule has 2 aromatic rings. The number of methoxy groups -OCH3 is 1. The van der Waals surface area contributed by atoms with Crippen molar-refractivity contribution in [3.63, 3.8) is 0 Å². The van der Waals surface area contributed by atoms with Crippen LogP contribution in [0.1, 0.15) is 31.2 Å². The summed E-state index contributed by atoms with van der Waals surface area (Å²) in [6, 6.07) is 5.64. The van der Waals surface area contributed by atoms with E-state index in [2.05, 4.69) is 20.2 Å². The molecule has 1 aromatic heterocycles. The van der Waals surface area contributed by atoms with Crippen LogP contribution in [-0.4, -0.2) is 55.4 Å². The summed E-state index contributed by atoms with van der Waals surface area (Å²) >= 11 is 0. The van der Waals surface area contributed by atoms with E-state index in [-0.39, 0.29) is 23.3 Å². The fraction of sp³-hybridized carbons (Fsp3) is 0.542. The first-order valence-corrected chi connectivity index (χ1v) is 11.3. The first kappa shape index (κ1) is 21.2. The minimum Gasteiger partial charge on any atom is -0.454 e. The number of amides is 1. The lowest BCUT2D eigenvalue weighted by atomic mass is 9.81. The van der Waals surface area contributed by atoms with E-state index in [4.69, 9.17) is 14.2 Å². The molecule has 3 aliphatic rings. The molecule has 2 aliphatic heterocycles. The van der Waals surface area contributed by atoms with Crippen LogP contribution in [0.4, 0.5) is 11.6 Å². The van der Waals surface area contributed by atoms with Crippen LogP contribution in [-0.2, 0) is 14.3 Å². The molecule has 2 saturated heterocycles. The summed E-state index contributed by atoms with van der Waals surface area (Å²) in [4.78, 5) is 23.6. The normalized spacial score (nSPS) is 26.9. The van der Waals surface area contributed by atoms with Gasteiger partial charge in [-0.15, -0.1) is 0 Å². The van der Waals surface area contributed by atoms with Gasteiger partial charge in [0.1, 0.15) is 5.75 Å². The second-order valence-corrected chi connectivity index (χ2v) is 9.29. The molecule has 1 spiro atoms. The van der Waals surface area contributed by atoms with Gasteiger partial charge in [-0.25, -0.2) is 9.97 Å². The molecule has 1 atom stereocenters. The SMILES string of the molecule is COC1CC(C(=O)Nc2ccc(Oc3cnc(N4CCC5(CCOC5)C4)nc3)c(C)c2)C1. The molecule has 1 saturated carbocycles. The van der Waals surface area contributed by atoms with E-state index in [9.17, 15) is 4.79 Å². The number of carbonyl (C=O) groups is 1. The molecule has 8 nitrogen and oxygen atoms in total. The van der Waals surface area contributed by atoms with Crippen molar-refractivity contribution >= 4 is 17.5 Å². The molecule has 32 heavy (non-hydrogen) atoms. The van der Waals surface area contributed by atoms with Crippen LogP contribution < -0.4 is 15.0 Å². The number of carbonyl (C=O) groups excluding carboxylic acids is 1. The molecule has 1 aromatic carbocycles. The number of hydrogen-bond acceptors (Lipinski definition) is 7. The van der Waals surface area contributed by atoms with Crippen molar-refractivity contribution in [1.29, 1.82) is 0 Å². The van der Waals surface area contributed by atoms with Gasteiger partial charge in [0.2, 0.25) is 11.9 Å². The van der Waals surface area contributed by atoms with Crippen LogP contribution >= 0.6 is 0 Å². The van der Waals surface area contributed by atoms with Crippen molar-refractivity contribution < 1.29 is 19.0 Å². The van der Waals surface area contributed by atoms with Crippen LogP contribution in [0.25, 0.3) is 0 Å². The van der Waals surface area contributed by atoms with E-state index in [0.717, 1.165) is 69.2 Å². The molecule has 5 rings (SSSR count). The highest BCUT2D eigenvalue weighted by molar-refractivity contribution is 5.93. The summed E-state index contributed by atoms with van der Waals surface area (Å²) in [5, 5.41) is 2.99. The first-order chi connectivity index (χ1) is 15.5. The Morgan fingerprint density at radius 1 is 1.25 bits per heavy atom. The predicted molar refractivity (Wildman–Crippen MR) is 120 cm³/mol. The topological polar surface area (TPSA) is 85.8 Å². The van der Waals surface area contributed by atoms with Crippen LogP contribution in [0.5, 0.6) is 11.5 Å². The first-order valence-electron chi connectivity index (χ1n) is 11.3. The molecule has 3 fully saturated rings. The molecule has 1 amide bonds. The lowest BCUT2D eigenvalue weighted by molar-refractivity contribution is -0.127. The number of ether oxygens (including phenoxy) is 3. The molecular formula is C24H30N4O4. The Kier molecular flexibility index (Phi) is 5.73. The third kappa shape index (κ3) is 4.29. The lowest BCUT2D eigenvalue weighted by Crippen LogP contribution is -2.38. The van der Waals surface area contributed by atoms with E-state index in [1.54, 1.807) is 19.5 Å². The van der Waals surface area contributed by atoms with Crippen molar-refractivity contribution in [3.05, 3.63) is 36.2 Å². The Labute approximate surface area is 188 Å². The Morgan fingerprint density at radius 3 is 2.75 bits per heavy atom. The number of rotatable bonds is 6. The van der Waals surface area contributed by atoms with Gasteiger partial charge in [0.15, 0.2) is 5.75 Å². The maximum atomic E-state index is 12.3. The van der Waals surface area contributed by atoms with Crippen molar-refractivity contribution in [2.45, 2.75) is 38.7 Å². The molecule has 1 aliphatic carbocycles. The largest absolute Gasteiger partial charge is 0.454 e. The number of hydrogen-bond donors (Lipinski definition) is 1. The molecular weight excluding hydrogens is 408 g/mol. The van der Waals surface area contributed by atoms with Gasteiger partial charge in [0, 0.05) is 43.8 Å². The summed E-state index contributed by atoms with van der Waals surface area (Å²) < 4.78 is 16.9. The number of anilines is 2. The van der Waals surface area contributed by atoms with Gasteiger partial charge < -0.3 is 24.4 Å². The average Bonchev–Trinajstić information content (AvgIpc) is 3.40. The van der Waals surface area contributed by atoms with Crippen molar-refractivity contribution in [1.82, 2.24) is 9.97 Å². The van der Waals surface area contributed by atoms with Crippen LogP contribution in [0.3, 0.4) is 0 Å². The highest BCUT2D eigenvalue weighted by Crippen LogP contribution is 2.39. The van der Waals surface area contributed by atoms with Crippen LogP contribution in [0.2, 0.25) is 0 Å². The minimum absolute atomic E-state index is 0.0264. The third-order valence-corrected chi connectivity index (χ3v) is 6.99. The highest BCUT2D eigenvalue weighted by atomic mass is 16.5. The zero-order valence-corrected chi connectivity index (χ0v) is 18.7. The van der Waals surface area contributed by atoms with Crippen LogP contribution in [0.15, 0.2) is 30.6 Å². The van der Waals surface area contributed by atoms with E-state index >= 15 is 0 Å². The van der Waals surface area contributed by atoms with Gasteiger partial charge in [0.05, 0.1) is 25.1 Å². The maximum Gasteiger partial charge on any atom is 0.227 e. The fourth-order valence-electron chi connectivity index (χ4n) is 4.79. The van der Waals surface area contributed by atoms with Gasteiger partial charge in [-0.05, 0) is 56.4 Å². The number of benzene rings is 1. The number of nitrogens with one attached hydrogen (secondary N) is 1. The molecule has 0 bridgehead atoms. The summed E-state index contributed by atoms with van der Waals surface area (Å²) in [6.07, 6.45) is 7.46.